The summed E-state index contributed by atoms with van der Waals surface area (Å²) in [5.74, 6) is -0.702. The van der Waals surface area contributed by atoms with Gasteiger partial charge in [0.25, 0.3) is 0 Å². The Morgan fingerprint density at radius 1 is 1.21 bits per heavy atom. The van der Waals surface area contributed by atoms with Gasteiger partial charge in [-0.3, -0.25) is 9.59 Å². The van der Waals surface area contributed by atoms with Crippen LogP contribution in [0.1, 0.15) is 37.3 Å². The highest BCUT2D eigenvalue weighted by atomic mass is 16.4. The summed E-state index contributed by atoms with van der Waals surface area (Å²) < 4.78 is 0. The first-order chi connectivity index (χ1) is 11.5. The van der Waals surface area contributed by atoms with E-state index in [4.69, 9.17) is 5.11 Å². The lowest BCUT2D eigenvalue weighted by atomic mass is 9.96. The fourth-order valence-electron chi connectivity index (χ4n) is 3.82. The lowest BCUT2D eigenvalue weighted by molar-refractivity contribution is -0.143. The predicted octanol–water partition coefficient (Wildman–Crippen LogP) is 2.32. The van der Waals surface area contributed by atoms with Crippen LogP contribution in [-0.4, -0.2) is 48.1 Å². The van der Waals surface area contributed by atoms with E-state index >= 15 is 0 Å². The minimum atomic E-state index is -0.653. The number of hydrogen-bond acceptors (Lipinski definition) is 3. The SMILES string of the molecule is CC(=O)N1CCCc2cc(CCN3CCC(C(=O)O)CC3)ccc21. The number of hydrogen-bond donors (Lipinski definition) is 1. The van der Waals surface area contributed by atoms with Crippen LogP contribution in [0.3, 0.4) is 0 Å². The van der Waals surface area contributed by atoms with Crippen LogP contribution in [0.15, 0.2) is 18.2 Å². The summed E-state index contributed by atoms with van der Waals surface area (Å²) in [6, 6.07) is 6.46. The summed E-state index contributed by atoms with van der Waals surface area (Å²) in [5, 5.41) is 9.06. The van der Waals surface area contributed by atoms with Crippen molar-refractivity contribution in [3.05, 3.63) is 29.3 Å². The van der Waals surface area contributed by atoms with E-state index < -0.39 is 5.97 Å². The largest absolute Gasteiger partial charge is 0.481 e. The van der Waals surface area contributed by atoms with Gasteiger partial charge < -0.3 is 14.9 Å². The molecule has 0 atom stereocenters. The monoisotopic (exact) mass is 330 g/mol. The molecule has 5 heteroatoms. The highest BCUT2D eigenvalue weighted by Crippen LogP contribution is 2.28. The van der Waals surface area contributed by atoms with E-state index in [0.717, 1.165) is 64.0 Å². The number of benzene rings is 1. The molecule has 0 radical (unpaired) electrons. The van der Waals surface area contributed by atoms with E-state index in [9.17, 15) is 9.59 Å². The minimum Gasteiger partial charge on any atom is -0.481 e. The number of piperidine rings is 1. The van der Waals surface area contributed by atoms with Crippen molar-refractivity contribution in [2.24, 2.45) is 5.92 Å². The fourth-order valence-corrected chi connectivity index (χ4v) is 3.82. The highest BCUT2D eigenvalue weighted by molar-refractivity contribution is 5.92. The molecule has 130 valence electrons. The number of nitrogens with zero attached hydrogens (tertiary/aromatic N) is 2. The molecule has 2 aliphatic heterocycles. The van der Waals surface area contributed by atoms with Gasteiger partial charge in [-0.15, -0.1) is 0 Å². The number of likely N-dealkylation sites (tertiary alicyclic amines) is 1. The van der Waals surface area contributed by atoms with Crippen molar-refractivity contribution < 1.29 is 14.7 Å². The maximum Gasteiger partial charge on any atom is 0.306 e. The van der Waals surface area contributed by atoms with Crippen molar-refractivity contribution in [3.63, 3.8) is 0 Å². The highest BCUT2D eigenvalue weighted by Gasteiger charge is 2.24. The zero-order chi connectivity index (χ0) is 17.1. The van der Waals surface area contributed by atoms with Crippen LogP contribution in [0.25, 0.3) is 0 Å². The third-order valence-corrected chi connectivity index (χ3v) is 5.30. The van der Waals surface area contributed by atoms with E-state index in [2.05, 4.69) is 23.1 Å². The standard InChI is InChI=1S/C19H26N2O3/c1-14(22)21-9-2-3-17-13-15(4-5-18(17)21)6-10-20-11-7-16(8-12-20)19(23)24/h4-5,13,16H,2-3,6-12H2,1H3,(H,23,24). The van der Waals surface area contributed by atoms with E-state index in [1.54, 1.807) is 6.92 Å². The molecule has 0 aliphatic carbocycles. The smallest absolute Gasteiger partial charge is 0.306 e. The van der Waals surface area contributed by atoms with Gasteiger partial charge in [0.2, 0.25) is 5.91 Å². The van der Waals surface area contributed by atoms with Crippen molar-refractivity contribution in [2.75, 3.05) is 31.1 Å². The van der Waals surface area contributed by atoms with Gasteiger partial charge >= 0.3 is 5.97 Å². The van der Waals surface area contributed by atoms with Gasteiger partial charge in [0.15, 0.2) is 0 Å². The van der Waals surface area contributed by atoms with E-state index in [-0.39, 0.29) is 11.8 Å². The minimum absolute atomic E-state index is 0.116. The molecule has 1 aromatic carbocycles. The maximum absolute atomic E-state index is 11.7. The Morgan fingerprint density at radius 2 is 1.96 bits per heavy atom. The topological polar surface area (TPSA) is 60.9 Å². The molecule has 5 nitrogen and oxygen atoms in total. The lowest BCUT2D eigenvalue weighted by Crippen LogP contribution is -2.37. The third-order valence-electron chi connectivity index (χ3n) is 5.30. The van der Waals surface area contributed by atoms with Gasteiger partial charge in [-0.1, -0.05) is 12.1 Å². The lowest BCUT2D eigenvalue weighted by Gasteiger charge is -2.31. The Morgan fingerprint density at radius 3 is 2.62 bits per heavy atom. The average Bonchev–Trinajstić information content (AvgIpc) is 2.59. The molecule has 1 fully saturated rings. The van der Waals surface area contributed by atoms with Crippen LogP contribution in [0, 0.1) is 5.92 Å². The normalized spacial score (nSPS) is 19.1. The van der Waals surface area contributed by atoms with Crippen molar-refractivity contribution in [3.8, 4) is 0 Å². The van der Waals surface area contributed by atoms with Gasteiger partial charge in [0.1, 0.15) is 0 Å². The molecule has 1 amide bonds. The quantitative estimate of drug-likeness (QED) is 0.920. The number of aliphatic carboxylic acids is 1. The van der Waals surface area contributed by atoms with Crippen LogP contribution in [0.2, 0.25) is 0 Å². The number of rotatable bonds is 4. The number of carboxylic acids is 1. The van der Waals surface area contributed by atoms with Crippen LogP contribution < -0.4 is 4.90 Å². The summed E-state index contributed by atoms with van der Waals surface area (Å²) in [5.41, 5.74) is 3.65. The summed E-state index contributed by atoms with van der Waals surface area (Å²) in [7, 11) is 0. The zero-order valence-corrected chi connectivity index (χ0v) is 14.3. The van der Waals surface area contributed by atoms with E-state index in [1.165, 1.54) is 11.1 Å². The Hall–Kier alpha value is -1.88. The van der Waals surface area contributed by atoms with Gasteiger partial charge in [-0.25, -0.2) is 0 Å². The first-order valence-electron chi connectivity index (χ1n) is 8.89. The molecule has 0 unspecified atom stereocenters. The Labute approximate surface area is 143 Å². The zero-order valence-electron chi connectivity index (χ0n) is 14.3. The fraction of sp³-hybridized carbons (Fsp3) is 0.579. The van der Waals surface area contributed by atoms with E-state index in [1.807, 2.05) is 4.90 Å². The van der Waals surface area contributed by atoms with Crippen molar-refractivity contribution in [2.45, 2.75) is 39.0 Å². The molecular weight excluding hydrogens is 304 g/mol. The number of fused-ring (bicyclic) bond motifs is 1. The molecule has 1 aromatic rings. The molecule has 0 bridgehead atoms. The summed E-state index contributed by atoms with van der Waals surface area (Å²) in [6.45, 7) is 5.17. The van der Waals surface area contributed by atoms with Crippen LogP contribution in [0.5, 0.6) is 0 Å². The van der Waals surface area contributed by atoms with Gasteiger partial charge in [-0.05, 0) is 62.4 Å². The number of amides is 1. The second kappa shape index (κ2) is 7.34. The number of aryl methyl sites for hydroxylation is 1. The molecule has 24 heavy (non-hydrogen) atoms. The molecule has 0 saturated carbocycles. The molecule has 2 aliphatic rings. The van der Waals surface area contributed by atoms with E-state index in [0.29, 0.717) is 0 Å². The van der Waals surface area contributed by atoms with Crippen molar-refractivity contribution in [1.82, 2.24) is 4.90 Å². The van der Waals surface area contributed by atoms with Crippen LogP contribution in [0.4, 0.5) is 5.69 Å². The number of carbonyl (C=O) groups is 2. The molecule has 0 spiro atoms. The number of carbonyl (C=O) groups excluding carboxylic acids is 1. The molecule has 1 saturated heterocycles. The Balaban J connectivity index is 1.57. The molecule has 2 heterocycles. The Bertz CT molecular complexity index is 621. The summed E-state index contributed by atoms with van der Waals surface area (Å²) in [4.78, 5) is 27.0. The molecular formula is C19H26N2O3. The average molecular weight is 330 g/mol. The Kier molecular flexibility index (Phi) is 5.19. The second-order valence-electron chi connectivity index (χ2n) is 6.94. The van der Waals surface area contributed by atoms with Crippen molar-refractivity contribution >= 4 is 17.6 Å². The third kappa shape index (κ3) is 3.78. The molecule has 1 N–H and O–H groups in total. The molecule has 3 rings (SSSR count). The van der Waals surface area contributed by atoms with Gasteiger partial charge in [-0.2, -0.15) is 0 Å². The van der Waals surface area contributed by atoms with Crippen molar-refractivity contribution in [1.29, 1.82) is 0 Å². The summed E-state index contributed by atoms with van der Waals surface area (Å²) >= 11 is 0. The second-order valence-corrected chi connectivity index (χ2v) is 6.94. The van der Waals surface area contributed by atoms with Gasteiger partial charge in [0.05, 0.1) is 5.92 Å². The first-order valence-corrected chi connectivity index (χ1v) is 8.89. The predicted molar refractivity (Wildman–Crippen MR) is 93.3 cm³/mol. The summed E-state index contributed by atoms with van der Waals surface area (Å²) in [6.07, 6.45) is 4.56. The van der Waals surface area contributed by atoms with Crippen LogP contribution >= 0.6 is 0 Å². The first kappa shape index (κ1) is 17.0. The number of anilines is 1. The van der Waals surface area contributed by atoms with Crippen LogP contribution in [-0.2, 0) is 22.4 Å². The van der Waals surface area contributed by atoms with Gasteiger partial charge in [0, 0.05) is 25.7 Å². The molecule has 0 aromatic heterocycles. The maximum atomic E-state index is 11.7. The number of carboxylic acid groups (broad SMARTS) is 1.